The molecule has 1 unspecified atom stereocenters. The van der Waals surface area contributed by atoms with Crippen LogP contribution in [0.3, 0.4) is 0 Å². The average Bonchev–Trinajstić information content (AvgIpc) is 2.41. The van der Waals surface area contributed by atoms with Crippen molar-refractivity contribution < 1.29 is 0 Å². The van der Waals surface area contributed by atoms with Crippen molar-refractivity contribution in [2.24, 2.45) is 0 Å². The van der Waals surface area contributed by atoms with Crippen LogP contribution in [-0.2, 0) is 6.54 Å². The van der Waals surface area contributed by atoms with E-state index >= 15 is 0 Å². The van der Waals surface area contributed by atoms with Crippen LogP contribution in [0.1, 0.15) is 50.7 Å². The second kappa shape index (κ2) is 8.34. The van der Waals surface area contributed by atoms with Gasteiger partial charge < -0.3 is 5.32 Å². The van der Waals surface area contributed by atoms with Gasteiger partial charge in [0.1, 0.15) is 0 Å². The molecule has 0 spiro atoms. The summed E-state index contributed by atoms with van der Waals surface area (Å²) >= 11 is 0. The molecule has 19 heavy (non-hydrogen) atoms. The molecule has 0 aliphatic heterocycles. The lowest BCUT2D eigenvalue weighted by molar-refractivity contribution is 0.222. The molecule has 1 atom stereocenters. The lowest BCUT2D eigenvalue weighted by Crippen LogP contribution is -2.29. The van der Waals surface area contributed by atoms with E-state index in [1.807, 2.05) is 7.05 Å². The Hall–Kier alpha value is -0.860. The Morgan fingerprint density at radius 2 is 1.68 bits per heavy atom. The van der Waals surface area contributed by atoms with Gasteiger partial charge in [-0.05, 0) is 44.0 Å². The summed E-state index contributed by atoms with van der Waals surface area (Å²) < 4.78 is 0. The van der Waals surface area contributed by atoms with Crippen LogP contribution in [0, 0.1) is 0 Å². The van der Waals surface area contributed by atoms with Gasteiger partial charge in [0.25, 0.3) is 0 Å². The summed E-state index contributed by atoms with van der Waals surface area (Å²) in [5, 5.41) is 3.23. The highest BCUT2D eigenvalue weighted by Crippen LogP contribution is 2.17. The van der Waals surface area contributed by atoms with E-state index < -0.39 is 0 Å². The van der Waals surface area contributed by atoms with Crippen LogP contribution in [0.2, 0.25) is 0 Å². The van der Waals surface area contributed by atoms with E-state index in [4.69, 9.17) is 0 Å². The molecule has 1 aromatic carbocycles. The molecule has 1 rings (SSSR count). The van der Waals surface area contributed by atoms with Gasteiger partial charge in [0.15, 0.2) is 0 Å². The Balaban J connectivity index is 2.61. The van der Waals surface area contributed by atoms with Crippen LogP contribution in [0.5, 0.6) is 0 Å². The average molecular weight is 262 g/mol. The number of rotatable bonds is 8. The fourth-order valence-electron chi connectivity index (χ4n) is 2.70. The Morgan fingerprint density at radius 1 is 1.11 bits per heavy atom. The highest BCUT2D eigenvalue weighted by molar-refractivity contribution is 5.25. The number of nitrogens with one attached hydrogen (secondary N) is 1. The number of likely N-dealkylation sites (N-methyl/N-ethyl adjacent to an activating group) is 1. The maximum Gasteiger partial charge on any atom is 0.0233 e. The van der Waals surface area contributed by atoms with Gasteiger partial charge in [-0.25, -0.2) is 0 Å². The van der Waals surface area contributed by atoms with Crippen molar-refractivity contribution in [1.82, 2.24) is 10.2 Å². The quantitative estimate of drug-likeness (QED) is 0.769. The third-order valence-corrected chi connectivity index (χ3v) is 4.06. The predicted molar refractivity (Wildman–Crippen MR) is 84.6 cm³/mol. The summed E-state index contributed by atoms with van der Waals surface area (Å²) in [5.41, 5.74) is 2.83. The number of hydrogen-bond acceptors (Lipinski definition) is 2. The maximum atomic E-state index is 3.23. The van der Waals surface area contributed by atoms with Gasteiger partial charge >= 0.3 is 0 Å². The first-order chi connectivity index (χ1) is 9.12. The molecule has 1 N–H and O–H groups in total. The largest absolute Gasteiger partial charge is 0.319 e. The van der Waals surface area contributed by atoms with Crippen molar-refractivity contribution in [3.8, 4) is 0 Å². The molecule has 2 heteroatoms. The highest BCUT2D eigenvalue weighted by atomic mass is 15.1. The molecule has 0 fully saturated rings. The lowest BCUT2D eigenvalue weighted by Gasteiger charge is -2.26. The molecule has 0 aliphatic rings. The van der Waals surface area contributed by atoms with Crippen LogP contribution in [-0.4, -0.2) is 31.6 Å². The molecule has 0 amide bonds. The molecule has 0 radical (unpaired) electrons. The highest BCUT2D eigenvalue weighted by Gasteiger charge is 2.11. The summed E-state index contributed by atoms with van der Waals surface area (Å²) in [5.74, 6) is 0.579. The maximum absolute atomic E-state index is 3.23. The molecule has 0 aliphatic carbocycles. The van der Waals surface area contributed by atoms with Crippen molar-refractivity contribution in [2.75, 3.05) is 20.6 Å². The van der Waals surface area contributed by atoms with Gasteiger partial charge in [-0.15, -0.1) is 0 Å². The topological polar surface area (TPSA) is 15.3 Å². The molecule has 0 saturated carbocycles. The molecule has 0 bridgehead atoms. The van der Waals surface area contributed by atoms with E-state index in [0.29, 0.717) is 12.0 Å². The zero-order valence-corrected chi connectivity index (χ0v) is 13.2. The second-order valence-corrected chi connectivity index (χ2v) is 5.59. The van der Waals surface area contributed by atoms with E-state index in [2.05, 4.69) is 62.3 Å². The molecule has 1 aromatic rings. The van der Waals surface area contributed by atoms with E-state index in [1.165, 1.54) is 24.0 Å². The van der Waals surface area contributed by atoms with Gasteiger partial charge in [0.05, 0.1) is 0 Å². The first kappa shape index (κ1) is 16.2. The Kier molecular flexibility index (Phi) is 7.11. The van der Waals surface area contributed by atoms with E-state index in [-0.39, 0.29) is 0 Å². The van der Waals surface area contributed by atoms with Crippen LogP contribution in [0.25, 0.3) is 0 Å². The molecule has 0 aromatic heterocycles. The van der Waals surface area contributed by atoms with Crippen molar-refractivity contribution >= 4 is 0 Å². The smallest absolute Gasteiger partial charge is 0.0233 e. The molecule has 0 saturated heterocycles. The summed E-state index contributed by atoms with van der Waals surface area (Å²) in [6.07, 6.45) is 2.45. The molecular weight excluding hydrogens is 232 g/mol. The van der Waals surface area contributed by atoms with Gasteiger partial charge in [-0.2, -0.15) is 0 Å². The molecular formula is C17H30N2. The van der Waals surface area contributed by atoms with Gasteiger partial charge in [-0.3, -0.25) is 4.90 Å². The minimum atomic E-state index is 0.579. The zero-order valence-electron chi connectivity index (χ0n) is 13.2. The van der Waals surface area contributed by atoms with Crippen molar-refractivity contribution in [1.29, 1.82) is 0 Å². The third-order valence-electron chi connectivity index (χ3n) is 4.06. The number of hydrogen-bond donors (Lipinski definition) is 1. The van der Waals surface area contributed by atoms with Gasteiger partial charge in [0.2, 0.25) is 0 Å². The first-order valence-electron chi connectivity index (χ1n) is 7.56. The van der Waals surface area contributed by atoms with Gasteiger partial charge in [0, 0.05) is 19.1 Å². The number of nitrogens with zero attached hydrogens (tertiary/aromatic N) is 1. The fourth-order valence-corrected chi connectivity index (χ4v) is 2.70. The lowest BCUT2D eigenvalue weighted by atomic mass is 9.99. The molecule has 2 nitrogen and oxygen atoms in total. The Morgan fingerprint density at radius 3 is 2.16 bits per heavy atom. The van der Waals surface area contributed by atoms with Crippen molar-refractivity contribution in [3.05, 3.63) is 35.4 Å². The number of benzene rings is 1. The van der Waals surface area contributed by atoms with Crippen molar-refractivity contribution in [2.45, 2.75) is 52.1 Å². The monoisotopic (exact) mass is 262 g/mol. The SMILES string of the molecule is CCC(CC)N(C)Cc1ccc(C(C)CNC)cc1. The third kappa shape index (κ3) is 4.96. The van der Waals surface area contributed by atoms with Gasteiger partial charge in [-0.1, -0.05) is 45.0 Å². The summed E-state index contributed by atoms with van der Waals surface area (Å²) in [6.45, 7) is 8.89. The minimum absolute atomic E-state index is 0.579. The van der Waals surface area contributed by atoms with Crippen molar-refractivity contribution in [3.63, 3.8) is 0 Å². The Labute approximate surface area is 119 Å². The fraction of sp³-hybridized carbons (Fsp3) is 0.647. The normalized spacial score (nSPS) is 13.2. The van der Waals surface area contributed by atoms with E-state index in [9.17, 15) is 0 Å². The molecule has 108 valence electrons. The van der Waals surface area contributed by atoms with E-state index in [0.717, 1.165) is 13.1 Å². The summed E-state index contributed by atoms with van der Waals surface area (Å²) in [7, 11) is 4.24. The summed E-state index contributed by atoms with van der Waals surface area (Å²) in [4.78, 5) is 2.46. The van der Waals surface area contributed by atoms with E-state index in [1.54, 1.807) is 0 Å². The van der Waals surface area contributed by atoms with Crippen LogP contribution >= 0.6 is 0 Å². The van der Waals surface area contributed by atoms with Crippen LogP contribution < -0.4 is 5.32 Å². The molecule has 0 heterocycles. The summed E-state index contributed by atoms with van der Waals surface area (Å²) in [6, 6.07) is 9.81. The Bertz CT molecular complexity index is 341. The zero-order chi connectivity index (χ0) is 14.3. The first-order valence-corrected chi connectivity index (χ1v) is 7.56. The predicted octanol–water partition coefficient (Wildman–Crippen LogP) is 3.63. The second-order valence-electron chi connectivity index (χ2n) is 5.59. The standard InChI is InChI=1S/C17H30N2/c1-6-17(7-2)19(5)13-15-8-10-16(11-9-15)14(3)12-18-4/h8-11,14,17-18H,6-7,12-13H2,1-5H3. The minimum Gasteiger partial charge on any atom is -0.319 e. The van der Waals surface area contributed by atoms with Crippen LogP contribution in [0.15, 0.2) is 24.3 Å². The van der Waals surface area contributed by atoms with Crippen LogP contribution in [0.4, 0.5) is 0 Å².